The molecule has 0 saturated heterocycles. The highest BCUT2D eigenvalue weighted by atomic mass is 16.2. The minimum absolute atomic E-state index is 0.00386. The third-order valence-corrected chi connectivity index (χ3v) is 7.53. The number of carbonyl (C=O) groups is 1. The number of urea groups is 1. The number of amides is 2. The van der Waals surface area contributed by atoms with Crippen molar-refractivity contribution in [3.8, 4) is 0 Å². The summed E-state index contributed by atoms with van der Waals surface area (Å²) in [6, 6.07) is 12.4. The third-order valence-electron chi connectivity index (χ3n) is 7.53. The summed E-state index contributed by atoms with van der Waals surface area (Å²) in [6.07, 6.45) is 13.6. The number of nitrogens with one attached hydrogen (secondary N) is 1. The van der Waals surface area contributed by atoms with Crippen LogP contribution >= 0.6 is 0 Å². The average Bonchev–Trinajstić information content (AvgIpc) is 2.81. The van der Waals surface area contributed by atoms with Crippen molar-refractivity contribution >= 4 is 11.7 Å². The molecule has 0 atom stereocenters. The van der Waals surface area contributed by atoms with Gasteiger partial charge in [0.2, 0.25) is 0 Å². The second-order valence-corrected chi connectivity index (χ2v) is 9.61. The van der Waals surface area contributed by atoms with E-state index in [1.807, 2.05) is 35.4 Å². The van der Waals surface area contributed by atoms with E-state index in [2.05, 4.69) is 36.3 Å². The summed E-state index contributed by atoms with van der Waals surface area (Å²) in [5.41, 5.74) is 4.10. The van der Waals surface area contributed by atoms with Crippen molar-refractivity contribution in [1.82, 2.24) is 9.88 Å². The Morgan fingerprint density at radius 2 is 1.58 bits per heavy atom. The molecular weight excluding hydrogens is 382 g/mol. The smallest absolute Gasteiger partial charge is 0.316 e. The summed E-state index contributed by atoms with van der Waals surface area (Å²) in [6.45, 7) is 4.68. The number of hydrogen-bond donors (Lipinski definition) is 1. The Balaban J connectivity index is 1.47. The average molecular weight is 420 g/mol. The number of rotatable bonds is 5. The van der Waals surface area contributed by atoms with Crippen LogP contribution in [0.25, 0.3) is 0 Å². The van der Waals surface area contributed by atoms with Gasteiger partial charge in [0.15, 0.2) is 0 Å². The van der Waals surface area contributed by atoms with E-state index < -0.39 is 0 Å². The molecule has 4 nitrogen and oxygen atoms in total. The van der Waals surface area contributed by atoms with Crippen molar-refractivity contribution in [2.24, 2.45) is 11.8 Å². The van der Waals surface area contributed by atoms with Crippen LogP contribution in [0, 0.1) is 25.7 Å². The molecule has 4 heteroatoms. The fourth-order valence-corrected chi connectivity index (χ4v) is 5.71. The number of aromatic nitrogens is 1. The quantitative estimate of drug-likeness (QED) is 0.574. The van der Waals surface area contributed by atoms with E-state index in [0.29, 0.717) is 6.54 Å². The Labute approximate surface area is 187 Å². The molecule has 0 unspecified atom stereocenters. The molecule has 1 aromatic carbocycles. The molecule has 2 amide bonds. The number of hydrogen-bond acceptors (Lipinski definition) is 2. The van der Waals surface area contributed by atoms with Crippen LogP contribution in [-0.4, -0.2) is 22.0 Å². The summed E-state index contributed by atoms with van der Waals surface area (Å²) >= 11 is 0. The van der Waals surface area contributed by atoms with Gasteiger partial charge in [-0.2, -0.15) is 0 Å². The highest BCUT2D eigenvalue weighted by molar-refractivity contribution is 5.91. The maximum atomic E-state index is 13.5. The Morgan fingerprint density at radius 1 is 0.903 bits per heavy atom. The molecule has 2 saturated carbocycles. The van der Waals surface area contributed by atoms with E-state index in [4.69, 9.17) is 0 Å². The van der Waals surface area contributed by atoms with Crippen LogP contribution in [0.3, 0.4) is 0 Å². The van der Waals surface area contributed by atoms with Crippen LogP contribution in [0.1, 0.15) is 74.6 Å². The fraction of sp³-hybridized carbons (Fsp3) is 0.556. The molecule has 0 aliphatic heterocycles. The first-order valence-corrected chi connectivity index (χ1v) is 12.2. The van der Waals surface area contributed by atoms with Gasteiger partial charge >= 0.3 is 6.03 Å². The minimum Gasteiger partial charge on any atom is -0.316 e. The highest BCUT2D eigenvalue weighted by Gasteiger charge is 2.33. The zero-order chi connectivity index (χ0) is 21.6. The number of benzene rings is 1. The van der Waals surface area contributed by atoms with Gasteiger partial charge in [-0.25, -0.2) is 4.79 Å². The van der Waals surface area contributed by atoms with E-state index in [1.165, 1.54) is 44.9 Å². The number of pyridine rings is 1. The van der Waals surface area contributed by atoms with Crippen LogP contribution in [0.4, 0.5) is 10.5 Å². The monoisotopic (exact) mass is 419 g/mol. The zero-order valence-corrected chi connectivity index (χ0v) is 19.1. The fourth-order valence-electron chi connectivity index (χ4n) is 5.71. The van der Waals surface area contributed by atoms with Crippen molar-refractivity contribution in [2.75, 3.05) is 5.32 Å². The van der Waals surface area contributed by atoms with Gasteiger partial charge in [-0.15, -0.1) is 0 Å². The van der Waals surface area contributed by atoms with Crippen LogP contribution in [-0.2, 0) is 6.54 Å². The topological polar surface area (TPSA) is 45.2 Å². The van der Waals surface area contributed by atoms with E-state index in [0.717, 1.165) is 47.2 Å². The van der Waals surface area contributed by atoms with E-state index >= 15 is 0 Å². The van der Waals surface area contributed by atoms with Crippen LogP contribution in [0.2, 0.25) is 0 Å². The van der Waals surface area contributed by atoms with Crippen LogP contribution in [0.5, 0.6) is 0 Å². The third kappa shape index (κ3) is 5.47. The summed E-state index contributed by atoms with van der Waals surface area (Å²) in [4.78, 5) is 20.0. The van der Waals surface area contributed by atoms with Crippen molar-refractivity contribution < 1.29 is 4.79 Å². The lowest BCUT2D eigenvalue weighted by Gasteiger charge is -2.40. The van der Waals surface area contributed by atoms with E-state index in [-0.39, 0.29) is 12.1 Å². The predicted molar refractivity (Wildman–Crippen MR) is 127 cm³/mol. The summed E-state index contributed by atoms with van der Waals surface area (Å²) in [5, 5.41) is 3.23. The minimum atomic E-state index is 0.00386. The van der Waals surface area contributed by atoms with Crippen LogP contribution < -0.4 is 5.32 Å². The lowest BCUT2D eigenvalue weighted by Crippen LogP contribution is -2.45. The van der Waals surface area contributed by atoms with Gasteiger partial charge in [0.05, 0.1) is 12.2 Å². The molecule has 1 heterocycles. The largest absolute Gasteiger partial charge is 0.322 e. The zero-order valence-electron chi connectivity index (χ0n) is 19.1. The first-order chi connectivity index (χ1) is 15.1. The SMILES string of the molecule is Cc1cccc(C)c1NC(=O)N(Cc1ccccn1)[C@H]1CC[C@@H](C2CCCCC2)CC1. The molecule has 2 fully saturated rings. The normalized spacial score (nSPS) is 22.1. The molecule has 0 spiro atoms. The first kappa shape index (κ1) is 21.9. The van der Waals surface area contributed by atoms with Crippen molar-refractivity contribution in [2.45, 2.75) is 84.2 Å². The summed E-state index contributed by atoms with van der Waals surface area (Å²) in [5.74, 6) is 1.78. The van der Waals surface area contributed by atoms with E-state index in [9.17, 15) is 4.79 Å². The molecule has 0 bridgehead atoms. The van der Waals surface area contributed by atoms with Gasteiger partial charge < -0.3 is 10.2 Å². The number of carbonyl (C=O) groups excluding carboxylic acids is 1. The number of para-hydroxylation sites is 1. The second-order valence-electron chi connectivity index (χ2n) is 9.61. The Morgan fingerprint density at radius 3 is 2.23 bits per heavy atom. The predicted octanol–water partition coefficient (Wildman–Crippen LogP) is 6.87. The van der Waals surface area contributed by atoms with Crippen molar-refractivity contribution in [1.29, 1.82) is 0 Å². The molecule has 2 aliphatic rings. The van der Waals surface area contributed by atoms with Gasteiger partial charge in [0.1, 0.15) is 0 Å². The van der Waals surface area contributed by atoms with Gasteiger partial charge in [-0.05, 0) is 74.6 Å². The molecule has 166 valence electrons. The maximum absolute atomic E-state index is 13.5. The van der Waals surface area contributed by atoms with Crippen molar-refractivity contribution in [3.63, 3.8) is 0 Å². The summed E-state index contributed by atoms with van der Waals surface area (Å²) in [7, 11) is 0. The lowest BCUT2D eigenvalue weighted by molar-refractivity contribution is 0.119. The molecular formula is C27H37N3O. The van der Waals surface area contributed by atoms with Gasteiger partial charge in [-0.3, -0.25) is 4.98 Å². The van der Waals surface area contributed by atoms with Gasteiger partial charge in [0, 0.05) is 17.9 Å². The standard InChI is InChI=1S/C27H37N3O/c1-20-9-8-10-21(2)26(20)29-27(31)30(19-24-13-6-7-18-28-24)25-16-14-23(15-17-25)22-11-4-3-5-12-22/h6-10,13,18,22-23,25H,3-5,11-12,14-17,19H2,1-2H3,(H,29,31)/t23-,25+. The molecule has 1 N–H and O–H groups in total. The van der Waals surface area contributed by atoms with Crippen LogP contribution in [0.15, 0.2) is 42.6 Å². The Bertz CT molecular complexity index is 832. The van der Waals surface area contributed by atoms with E-state index in [1.54, 1.807) is 0 Å². The molecule has 0 radical (unpaired) electrons. The molecule has 31 heavy (non-hydrogen) atoms. The highest BCUT2D eigenvalue weighted by Crippen LogP contribution is 2.39. The molecule has 4 rings (SSSR count). The summed E-state index contributed by atoms with van der Waals surface area (Å²) < 4.78 is 0. The lowest BCUT2D eigenvalue weighted by atomic mass is 9.72. The van der Waals surface area contributed by atoms with Crippen molar-refractivity contribution in [3.05, 3.63) is 59.4 Å². The number of aryl methyl sites for hydroxylation is 2. The van der Waals surface area contributed by atoms with Gasteiger partial charge in [0.25, 0.3) is 0 Å². The number of anilines is 1. The number of nitrogens with zero attached hydrogens (tertiary/aromatic N) is 2. The first-order valence-electron chi connectivity index (χ1n) is 12.2. The molecule has 2 aliphatic carbocycles. The maximum Gasteiger partial charge on any atom is 0.322 e. The van der Waals surface area contributed by atoms with Gasteiger partial charge in [-0.1, -0.05) is 56.4 Å². The Kier molecular flexibility index (Phi) is 7.26. The molecule has 1 aromatic heterocycles. The molecule has 2 aromatic rings. The Hall–Kier alpha value is -2.36. The second kappa shape index (κ2) is 10.3.